The molecule has 0 radical (unpaired) electrons. The molecule has 2 atom stereocenters. The first-order chi connectivity index (χ1) is 13.0. The van der Waals surface area contributed by atoms with E-state index >= 15 is 0 Å². The van der Waals surface area contributed by atoms with Crippen LogP contribution in [0.5, 0.6) is 0 Å². The van der Waals surface area contributed by atoms with Crippen LogP contribution in [-0.2, 0) is 6.54 Å². The summed E-state index contributed by atoms with van der Waals surface area (Å²) in [6.45, 7) is 10.6. The first kappa shape index (κ1) is 20.2. The number of aromatic nitrogens is 2. The third kappa shape index (κ3) is 4.18. The second kappa shape index (κ2) is 8.67. The Balaban J connectivity index is 2.16. The maximum atomic E-state index is 14.0. The minimum Gasteiger partial charge on any atom is -0.315 e. The molecule has 2 aromatic rings. The van der Waals surface area contributed by atoms with E-state index in [2.05, 4.69) is 24.1 Å². The van der Waals surface area contributed by atoms with Gasteiger partial charge in [0.1, 0.15) is 11.6 Å². The maximum absolute atomic E-state index is 14.0. The second-order valence-electron chi connectivity index (χ2n) is 7.41. The van der Waals surface area contributed by atoms with E-state index in [1.54, 1.807) is 4.57 Å². The van der Waals surface area contributed by atoms with E-state index in [1.807, 2.05) is 6.92 Å². The molecular weight excluding hydrogens is 367 g/mol. The Morgan fingerprint density at radius 2 is 2.19 bits per heavy atom. The number of rotatable bonds is 5. The Hall–Kier alpha value is -1.50. The lowest BCUT2D eigenvalue weighted by atomic mass is 10.1. The lowest BCUT2D eigenvalue weighted by Crippen LogP contribution is -2.38. The van der Waals surface area contributed by atoms with Crippen LogP contribution in [0.25, 0.3) is 10.9 Å². The van der Waals surface area contributed by atoms with Gasteiger partial charge in [0.05, 0.1) is 22.0 Å². The maximum Gasteiger partial charge on any atom is 0.261 e. The molecule has 1 fully saturated rings. The van der Waals surface area contributed by atoms with Crippen molar-refractivity contribution in [1.82, 2.24) is 19.8 Å². The molecule has 148 valence electrons. The van der Waals surface area contributed by atoms with Crippen molar-refractivity contribution in [2.75, 3.05) is 26.2 Å². The van der Waals surface area contributed by atoms with Crippen LogP contribution in [0.1, 0.15) is 45.5 Å². The molecule has 1 aliphatic rings. The van der Waals surface area contributed by atoms with Crippen molar-refractivity contribution in [1.29, 1.82) is 0 Å². The molecule has 0 bridgehead atoms. The topological polar surface area (TPSA) is 50.2 Å². The highest BCUT2D eigenvalue weighted by atomic mass is 35.5. The average Bonchev–Trinajstić information content (AvgIpc) is 2.85. The molecule has 3 rings (SSSR count). The zero-order valence-electron chi connectivity index (χ0n) is 16.3. The van der Waals surface area contributed by atoms with Gasteiger partial charge in [0.15, 0.2) is 0 Å². The summed E-state index contributed by atoms with van der Waals surface area (Å²) >= 11 is 5.90. The van der Waals surface area contributed by atoms with Crippen LogP contribution in [0.15, 0.2) is 16.9 Å². The molecule has 0 aliphatic carbocycles. The van der Waals surface area contributed by atoms with Crippen molar-refractivity contribution in [3.63, 3.8) is 0 Å². The highest BCUT2D eigenvalue weighted by Crippen LogP contribution is 2.28. The van der Waals surface area contributed by atoms with Crippen molar-refractivity contribution in [3.05, 3.63) is 39.2 Å². The van der Waals surface area contributed by atoms with Crippen LogP contribution < -0.4 is 10.9 Å². The Labute approximate surface area is 164 Å². The van der Waals surface area contributed by atoms with Gasteiger partial charge in [0, 0.05) is 32.2 Å². The highest BCUT2D eigenvalue weighted by Gasteiger charge is 2.27. The van der Waals surface area contributed by atoms with Gasteiger partial charge in [-0.25, -0.2) is 9.37 Å². The monoisotopic (exact) mass is 394 g/mol. The van der Waals surface area contributed by atoms with Crippen molar-refractivity contribution in [3.8, 4) is 0 Å². The van der Waals surface area contributed by atoms with E-state index in [1.165, 1.54) is 12.1 Å². The van der Waals surface area contributed by atoms with E-state index in [4.69, 9.17) is 16.6 Å². The van der Waals surface area contributed by atoms with Crippen molar-refractivity contribution < 1.29 is 4.39 Å². The Bertz CT molecular complexity index is 869. The molecule has 0 spiro atoms. The standard InChI is InChI=1S/C20H28ClFN4O/c1-4-6-18(25-8-7-23-11-13(3)12-25)19-24-17-10-16(22)15(21)9-14(17)20(27)26(19)5-2/h9-10,13,18,23H,4-8,11-12H2,1-3H3/t13-,18?/m1/s1. The summed E-state index contributed by atoms with van der Waals surface area (Å²) in [4.78, 5) is 20.3. The summed E-state index contributed by atoms with van der Waals surface area (Å²) in [5, 5.41) is 3.79. The van der Waals surface area contributed by atoms with Crippen LogP contribution in [0.4, 0.5) is 4.39 Å². The number of halogens is 2. The fourth-order valence-corrected chi connectivity index (χ4v) is 4.12. The lowest BCUT2D eigenvalue weighted by molar-refractivity contribution is 0.169. The summed E-state index contributed by atoms with van der Waals surface area (Å²) in [6, 6.07) is 2.70. The third-order valence-electron chi connectivity index (χ3n) is 5.26. The van der Waals surface area contributed by atoms with Crippen LogP contribution in [0.3, 0.4) is 0 Å². The van der Waals surface area contributed by atoms with E-state index in [9.17, 15) is 9.18 Å². The number of nitrogens with one attached hydrogen (secondary N) is 1. The first-order valence-electron chi connectivity index (χ1n) is 9.80. The summed E-state index contributed by atoms with van der Waals surface area (Å²) < 4.78 is 15.7. The van der Waals surface area contributed by atoms with Gasteiger partial charge in [-0.3, -0.25) is 14.3 Å². The van der Waals surface area contributed by atoms with Crippen LogP contribution >= 0.6 is 11.6 Å². The molecule has 1 N–H and O–H groups in total. The molecule has 0 amide bonds. The van der Waals surface area contributed by atoms with E-state index in [-0.39, 0.29) is 16.6 Å². The molecule has 2 heterocycles. The normalized spacial score (nSPS) is 20.0. The number of hydrogen-bond donors (Lipinski definition) is 1. The molecule has 1 aromatic heterocycles. The van der Waals surface area contributed by atoms with Crippen LogP contribution in [0, 0.1) is 11.7 Å². The molecule has 1 aliphatic heterocycles. The number of fused-ring (bicyclic) bond motifs is 1. The Kier molecular flexibility index (Phi) is 6.50. The van der Waals surface area contributed by atoms with Crippen LogP contribution in [-0.4, -0.2) is 40.6 Å². The number of hydrogen-bond acceptors (Lipinski definition) is 4. The van der Waals surface area contributed by atoms with Crippen molar-refractivity contribution >= 4 is 22.5 Å². The molecule has 1 unspecified atom stereocenters. The smallest absolute Gasteiger partial charge is 0.261 e. The molecule has 1 aromatic carbocycles. The van der Waals surface area contributed by atoms with Gasteiger partial charge in [-0.05, 0) is 31.9 Å². The molecule has 5 nitrogen and oxygen atoms in total. The summed E-state index contributed by atoms with van der Waals surface area (Å²) in [5.74, 6) is 0.703. The third-order valence-corrected chi connectivity index (χ3v) is 5.55. The van der Waals surface area contributed by atoms with Gasteiger partial charge in [-0.1, -0.05) is 31.9 Å². The first-order valence-corrected chi connectivity index (χ1v) is 10.2. The quantitative estimate of drug-likeness (QED) is 0.841. The average molecular weight is 395 g/mol. The van der Waals surface area contributed by atoms with E-state index in [0.29, 0.717) is 23.4 Å². The second-order valence-corrected chi connectivity index (χ2v) is 7.82. The zero-order chi connectivity index (χ0) is 19.6. The molecule has 27 heavy (non-hydrogen) atoms. The fourth-order valence-electron chi connectivity index (χ4n) is 3.95. The van der Waals surface area contributed by atoms with Gasteiger partial charge in [-0.15, -0.1) is 0 Å². The van der Waals surface area contributed by atoms with Gasteiger partial charge < -0.3 is 5.32 Å². The Morgan fingerprint density at radius 3 is 2.89 bits per heavy atom. The van der Waals surface area contributed by atoms with E-state index in [0.717, 1.165) is 44.8 Å². The lowest BCUT2D eigenvalue weighted by Gasteiger charge is -2.32. The van der Waals surface area contributed by atoms with Gasteiger partial charge >= 0.3 is 0 Å². The largest absolute Gasteiger partial charge is 0.315 e. The predicted molar refractivity (Wildman–Crippen MR) is 108 cm³/mol. The molecular formula is C20H28ClFN4O. The minimum atomic E-state index is -0.545. The SMILES string of the molecule is CCCC(c1nc2cc(F)c(Cl)cc2c(=O)n1CC)N1CCNC[C@@H](C)C1. The minimum absolute atomic E-state index is 0.0353. The number of benzene rings is 1. The van der Waals surface area contributed by atoms with Gasteiger partial charge in [-0.2, -0.15) is 0 Å². The highest BCUT2D eigenvalue weighted by molar-refractivity contribution is 6.31. The summed E-state index contributed by atoms with van der Waals surface area (Å²) in [7, 11) is 0. The van der Waals surface area contributed by atoms with E-state index < -0.39 is 5.82 Å². The zero-order valence-corrected chi connectivity index (χ0v) is 17.0. The molecule has 1 saturated heterocycles. The van der Waals surface area contributed by atoms with Gasteiger partial charge in [0.2, 0.25) is 0 Å². The molecule has 7 heteroatoms. The summed E-state index contributed by atoms with van der Waals surface area (Å²) in [5.41, 5.74) is 0.227. The Morgan fingerprint density at radius 1 is 1.41 bits per heavy atom. The van der Waals surface area contributed by atoms with Crippen molar-refractivity contribution in [2.45, 2.75) is 46.2 Å². The predicted octanol–water partition coefficient (Wildman–Crippen LogP) is 3.59. The number of nitrogens with zero attached hydrogens (tertiary/aromatic N) is 3. The molecule has 0 saturated carbocycles. The fraction of sp³-hybridized carbons (Fsp3) is 0.600. The van der Waals surface area contributed by atoms with Crippen LogP contribution in [0.2, 0.25) is 5.02 Å². The van der Waals surface area contributed by atoms with Gasteiger partial charge in [0.25, 0.3) is 5.56 Å². The summed E-state index contributed by atoms with van der Waals surface area (Å²) in [6.07, 6.45) is 1.89. The van der Waals surface area contributed by atoms with Crippen molar-refractivity contribution in [2.24, 2.45) is 5.92 Å².